The molecule has 9 unspecified atom stereocenters. The van der Waals surface area contributed by atoms with Gasteiger partial charge in [0.15, 0.2) is 0 Å². The molecular weight excluding hydrogens is 336 g/mol. The average Bonchev–Trinajstić information content (AvgIpc) is 2.65. The number of rotatable bonds is 0. The van der Waals surface area contributed by atoms with Crippen LogP contribution >= 0.6 is 0 Å². The Morgan fingerprint density at radius 1 is 0.607 bits per heavy atom. The molecule has 0 heteroatoms. The van der Waals surface area contributed by atoms with Gasteiger partial charge in [0.1, 0.15) is 0 Å². The standard InChI is InChI=1S/C17H24.C11H20/c1-2-11-10-6-12-13-4-9-5-14(12)16(11)17(3-1,8-9)15(13)7-10;1-8-3-10-5-9(2)6-11(4-8)7-10/h9-16H,1-8H2;8-11H,3-7H2,1-2H3. The summed E-state index contributed by atoms with van der Waals surface area (Å²) in [6.07, 6.45) is 20.9. The van der Waals surface area contributed by atoms with Crippen molar-refractivity contribution >= 4 is 0 Å². The van der Waals surface area contributed by atoms with E-state index >= 15 is 0 Å². The molecule has 10 aliphatic rings. The van der Waals surface area contributed by atoms with Crippen LogP contribution < -0.4 is 0 Å². The normalized spacial score (nSPS) is 64.5. The van der Waals surface area contributed by atoms with E-state index in [1.54, 1.807) is 57.8 Å². The summed E-state index contributed by atoms with van der Waals surface area (Å²) in [7, 11) is 0. The minimum Gasteiger partial charge on any atom is -0.0625 e. The van der Waals surface area contributed by atoms with Gasteiger partial charge in [0.05, 0.1) is 0 Å². The minimum atomic E-state index is 0.923. The lowest BCUT2D eigenvalue weighted by molar-refractivity contribution is -0.294. The maximum absolute atomic E-state index is 2.44. The topological polar surface area (TPSA) is 0 Å². The van der Waals surface area contributed by atoms with Gasteiger partial charge in [-0.2, -0.15) is 0 Å². The minimum absolute atomic E-state index is 0.923. The highest BCUT2D eigenvalue weighted by Crippen LogP contribution is 2.80. The summed E-state index contributed by atoms with van der Waals surface area (Å²) >= 11 is 0. The molecule has 11 bridgehead atoms. The molecule has 10 aliphatic carbocycles. The number of hydrogen-bond acceptors (Lipinski definition) is 0. The maximum Gasteiger partial charge on any atom is -0.0230 e. The van der Waals surface area contributed by atoms with E-state index in [4.69, 9.17) is 0 Å². The molecule has 10 rings (SSSR count). The lowest BCUT2D eigenvalue weighted by Gasteiger charge is -2.78. The monoisotopic (exact) mass is 380 g/mol. The molecule has 0 aromatic carbocycles. The Labute approximate surface area is 174 Å². The van der Waals surface area contributed by atoms with Gasteiger partial charge in [-0.3, -0.25) is 0 Å². The van der Waals surface area contributed by atoms with Crippen LogP contribution in [-0.2, 0) is 0 Å². The Kier molecular flexibility index (Phi) is 3.81. The summed E-state index contributed by atoms with van der Waals surface area (Å²) in [5, 5.41) is 0. The van der Waals surface area contributed by atoms with E-state index < -0.39 is 0 Å². The van der Waals surface area contributed by atoms with Gasteiger partial charge in [-0.1, -0.05) is 20.3 Å². The molecule has 28 heavy (non-hydrogen) atoms. The van der Waals surface area contributed by atoms with E-state index in [9.17, 15) is 0 Å². The van der Waals surface area contributed by atoms with E-state index in [-0.39, 0.29) is 0 Å². The summed E-state index contributed by atoms with van der Waals surface area (Å²) < 4.78 is 0. The van der Waals surface area contributed by atoms with Crippen LogP contribution in [0.2, 0.25) is 0 Å². The molecule has 0 nitrogen and oxygen atoms in total. The van der Waals surface area contributed by atoms with Crippen LogP contribution in [0.3, 0.4) is 0 Å². The van der Waals surface area contributed by atoms with E-state index in [1.165, 1.54) is 73.0 Å². The smallest absolute Gasteiger partial charge is 0.0230 e. The molecule has 0 aliphatic heterocycles. The fraction of sp³-hybridized carbons (Fsp3) is 1.00. The first-order chi connectivity index (χ1) is 13.6. The molecule has 156 valence electrons. The molecule has 0 aromatic heterocycles. The van der Waals surface area contributed by atoms with Crippen molar-refractivity contribution in [2.45, 2.75) is 97.3 Å². The molecule has 1 spiro atoms. The molecule has 10 saturated carbocycles. The largest absolute Gasteiger partial charge is 0.0625 e. The van der Waals surface area contributed by atoms with Gasteiger partial charge in [-0.25, -0.2) is 0 Å². The summed E-state index contributed by atoms with van der Waals surface area (Å²) in [6.45, 7) is 4.88. The first kappa shape index (κ1) is 17.7. The molecule has 0 aromatic rings. The van der Waals surface area contributed by atoms with Crippen molar-refractivity contribution in [1.82, 2.24) is 0 Å². The van der Waals surface area contributed by atoms with Crippen LogP contribution in [0.5, 0.6) is 0 Å². The van der Waals surface area contributed by atoms with E-state index in [0.717, 1.165) is 29.1 Å². The van der Waals surface area contributed by atoms with Crippen LogP contribution in [-0.4, -0.2) is 0 Å². The van der Waals surface area contributed by atoms with E-state index in [2.05, 4.69) is 13.8 Å². The summed E-state index contributed by atoms with van der Waals surface area (Å²) in [5.41, 5.74) is 0.923. The van der Waals surface area contributed by atoms with Crippen LogP contribution in [0.4, 0.5) is 0 Å². The van der Waals surface area contributed by atoms with Crippen LogP contribution in [0.15, 0.2) is 0 Å². The molecular formula is C28H44. The second kappa shape index (κ2) is 6.03. The molecule has 0 N–H and O–H groups in total. The average molecular weight is 381 g/mol. The third kappa shape index (κ3) is 2.30. The number of hydrogen-bond donors (Lipinski definition) is 0. The predicted molar refractivity (Wildman–Crippen MR) is 116 cm³/mol. The lowest BCUT2D eigenvalue weighted by atomic mass is 9.27. The van der Waals surface area contributed by atoms with Gasteiger partial charge in [0.2, 0.25) is 0 Å². The van der Waals surface area contributed by atoms with Crippen molar-refractivity contribution in [2.75, 3.05) is 0 Å². The predicted octanol–water partition coefficient (Wildman–Crippen LogP) is 7.57. The van der Waals surface area contributed by atoms with Crippen molar-refractivity contribution in [3.63, 3.8) is 0 Å². The Morgan fingerprint density at radius 3 is 2.07 bits per heavy atom. The molecule has 10 fully saturated rings. The van der Waals surface area contributed by atoms with Crippen molar-refractivity contribution in [3.8, 4) is 0 Å². The Bertz CT molecular complexity index is 602. The second-order valence-electron chi connectivity index (χ2n) is 13.8. The highest BCUT2D eigenvalue weighted by atomic mass is 14.8. The summed E-state index contributed by atoms with van der Waals surface area (Å²) in [6, 6.07) is 0. The van der Waals surface area contributed by atoms with Crippen molar-refractivity contribution in [2.24, 2.45) is 76.4 Å². The van der Waals surface area contributed by atoms with Crippen LogP contribution in [0, 0.1) is 76.4 Å². The third-order valence-corrected chi connectivity index (χ3v) is 12.3. The van der Waals surface area contributed by atoms with Crippen LogP contribution in [0.1, 0.15) is 97.3 Å². The fourth-order valence-corrected chi connectivity index (χ4v) is 12.5. The Morgan fingerprint density at radius 2 is 1.32 bits per heavy atom. The first-order valence-corrected chi connectivity index (χ1v) is 13.6. The zero-order valence-corrected chi connectivity index (χ0v) is 18.6. The van der Waals surface area contributed by atoms with E-state index in [1.807, 2.05) is 0 Å². The van der Waals surface area contributed by atoms with Crippen molar-refractivity contribution < 1.29 is 0 Å². The van der Waals surface area contributed by atoms with Gasteiger partial charge < -0.3 is 0 Å². The Balaban J connectivity index is 0.000000115. The van der Waals surface area contributed by atoms with Crippen molar-refractivity contribution in [3.05, 3.63) is 0 Å². The molecule has 0 amide bonds. The summed E-state index contributed by atoms with van der Waals surface area (Å²) in [5.74, 6) is 14.0. The van der Waals surface area contributed by atoms with Gasteiger partial charge in [0, 0.05) is 0 Å². The lowest BCUT2D eigenvalue weighted by Crippen LogP contribution is -2.71. The third-order valence-electron chi connectivity index (χ3n) is 12.3. The highest BCUT2D eigenvalue weighted by molar-refractivity contribution is 5.21. The maximum atomic E-state index is 2.44. The zero-order chi connectivity index (χ0) is 18.6. The zero-order valence-electron chi connectivity index (χ0n) is 18.6. The molecule has 0 saturated heterocycles. The quantitative estimate of drug-likeness (QED) is 0.406. The van der Waals surface area contributed by atoms with Gasteiger partial charge in [0.25, 0.3) is 0 Å². The highest BCUT2D eigenvalue weighted by Gasteiger charge is 2.72. The Hall–Kier alpha value is 0. The second-order valence-corrected chi connectivity index (χ2v) is 13.8. The molecule has 9 atom stereocenters. The van der Waals surface area contributed by atoms with Crippen molar-refractivity contribution in [1.29, 1.82) is 0 Å². The number of fused-ring (bicyclic) bond motifs is 2. The van der Waals surface area contributed by atoms with Gasteiger partial charge in [-0.05, 0) is 153 Å². The molecule has 0 heterocycles. The molecule has 0 radical (unpaired) electrons. The fourth-order valence-electron chi connectivity index (χ4n) is 12.5. The first-order valence-electron chi connectivity index (χ1n) is 13.6. The summed E-state index contributed by atoms with van der Waals surface area (Å²) in [4.78, 5) is 0. The van der Waals surface area contributed by atoms with Gasteiger partial charge >= 0.3 is 0 Å². The van der Waals surface area contributed by atoms with E-state index in [0.29, 0.717) is 0 Å². The van der Waals surface area contributed by atoms with Gasteiger partial charge in [-0.15, -0.1) is 0 Å². The van der Waals surface area contributed by atoms with Crippen LogP contribution in [0.25, 0.3) is 0 Å². The SMILES string of the molecule is C1CC2C3CC4C5CC6CC4C2C(C1)(C6)C5C3.CC1CC2CC(C)CC(C1)C2.